The van der Waals surface area contributed by atoms with E-state index < -0.39 is 17.8 Å². The third-order valence-corrected chi connectivity index (χ3v) is 5.36. The standard InChI is InChI=1S/C24H15N3O6/c1-12-18(23(30)27(26-12)15-5-2-13(3-6-15)24(31)32)11-16-7-9-20(33-16)14-4-8-17-19(10-14)22(29)25-21(17)28/h2-11H,1H3,(H,31,32)(H,25,28,29)/b18-11-. The minimum Gasteiger partial charge on any atom is -0.478 e. The monoisotopic (exact) mass is 441 g/mol. The third-order valence-electron chi connectivity index (χ3n) is 5.36. The van der Waals surface area contributed by atoms with Gasteiger partial charge in [-0.3, -0.25) is 19.7 Å². The van der Waals surface area contributed by atoms with Crippen molar-refractivity contribution in [2.75, 3.05) is 5.01 Å². The molecule has 33 heavy (non-hydrogen) atoms. The Morgan fingerprint density at radius 3 is 2.45 bits per heavy atom. The number of amides is 3. The molecule has 0 bridgehead atoms. The van der Waals surface area contributed by atoms with Gasteiger partial charge in [0.05, 0.1) is 33.7 Å². The van der Waals surface area contributed by atoms with E-state index in [0.717, 1.165) is 0 Å². The zero-order valence-electron chi connectivity index (χ0n) is 17.2. The molecule has 2 aliphatic heterocycles. The molecular formula is C24H15N3O6. The minimum atomic E-state index is -1.06. The second-order valence-corrected chi connectivity index (χ2v) is 7.46. The van der Waals surface area contributed by atoms with Crippen LogP contribution in [0.1, 0.15) is 43.8 Å². The summed E-state index contributed by atoms with van der Waals surface area (Å²) < 4.78 is 5.85. The Bertz CT molecular complexity index is 1430. The molecule has 9 heteroatoms. The van der Waals surface area contributed by atoms with Crippen LogP contribution in [0.5, 0.6) is 0 Å². The predicted molar refractivity (Wildman–Crippen MR) is 118 cm³/mol. The molecule has 0 saturated carbocycles. The number of carbonyl (C=O) groups excluding carboxylic acids is 3. The van der Waals surface area contributed by atoms with E-state index in [1.165, 1.54) is 29.3 Å². The van der Waals surface area contributed by atoms with E-state index >= 15 is 0 Å². The van der Waals surface area contributed by atoms with Gasteiger partial charge in [-0.15, -0.1) is 0 Å². The Kier molecular flexibility index (Phi) is 4.52. The molecule has 0 aliphatic carbocycles. The zero-order chi connectivity index (χ0) is 23.3. The fraction of sp³-hybridized carbons (Fsp3) is 0.0417. The number of rotatable bonds is 4. The molecule has 162 valence electrons. The third kappa shape index (κ3) is 3.41. The second kappa shape index (κ2) is 7.41. The van der Waals surface area contributed by atoms with E-state index in [1.54, 1.807) is 43.3 Å². The number of benzene rings is 2. The molecule has 0 fully saturated rings. The second-order valence-electron chi connectivity index (χ2n) is 7.46. The molecule has 2 aliphatic rings. The molecule has 0 saturated heterocycles. The molecule has 2 aromatic carbocycles. The Labute approximate surface area is 186 Å². The molecule has 0 radical (unpaired) electrons. The first-order valence-electron chi connectivity index (χ1n) is 9.87. The van der Waals surface area contributed by atoms with E-state index in [2.05, 4.69) is 10.4 Å². The number of carboxylic acids is 1. The number of nitrogens with one attached hydrogen (secondary N) is 1. The van der Waals surface area contributed by atoms with Crippen LogP contribution in [-0.2, 0) is 4.79 Å². The van der Waals surface area contributed by atoms with Crippen molar-refractivity contribution in [3.8, 4) is 11.3 Å². The molecule has 3 amide bonds. The molecule has 9 nitrogen and oxygen atoms in total. The molecule has 0 atom stereocenters. The summed E-state index contributed by atoms with van der Waals surface area (Å²) >= 11 is 0. The van der Waals surface area contributed by atoms with Gasteiger partial charge in [0.25, 0.3) is 17.7 Å². The highest BCUT2D eigenvalue weighted by Gasteiger charge is 2.30. The van der Waals surface area contributed by atoms with Gasteiger partial charge in [-0.05, 0) is 61.5 Å². The van der Waals surface area contributed by atoms with Gasteiger partial charge >= 0.3 is 5.97 Å². The van der Waals surface area contributed by atoms with Crippen molar-refractivity contribution in [2.45, 2.75) is 6.92 Å². The summed E-state index contributed by atoms with van der Waals surface area (Å²) in [6, 6.07) is 14.1. The number of nitrogens with zero attached hydrogens (tertiary/aromatic N) is 2. The number of anilines is 1. The number of carbonyl (C=O) groups is 4. The van der Waals surface area contributed by atoms with E-state index in [4.69, 9.17) is 9.52 Å². The number of imide groups is 1. The first-order valence-corrected chi connectivity index (χ1v) is 9.87. The summed E-state index contributed by atoms with van der Waals surface area (Å²) in [5.41, 5.74) is 2.58. The molecule has 1 aromatic heterocycles. The van der Waals surface area contributed by atoms with Crippen LogP contribution in [-0.4, -0.2) is 34.5 Å². The predicted octanol–water partition coefficient (Wildman–Crippen LogP) is 3.33. The Morgan fingerprint density at radius 1 is 1.00 bits per heavy atom. The average Bonchev–Trinajstić information content (AvgIpc) is 3.46. The van der Waals surface area contributed by atoms with Gasteiger partial charge in [-0.2, -0.15) is 10.1 Å². The first kappa shape index (κ1) is 20.1. The summed E-state index contributed by atoms with van der Waals surface area (Å²) in [6.07, 6.45) is 1.57. The Balaban J connectivity index is 1.41. The van der Waals surface area contributed by atoms with Crippen LogP contribution in [0.15, 0.2) is 69.7 Å². The number of fused-ring (bicyclic) bond motifs is 1. The summed E-state index contributed by atoms with van der Waals surface area (Å²) in [6.45, 7) is 1.69. The van der Waals surface area contributed by atoms with Crippen molar-refractivity contribution in [2.24, 2.45) is 5.10 Å². The van der Waals surface area contributed by atoms with Crippen molar-refractivity contribution in [1.82, 2.24) is 5.32 Å². The van der Waals surface area contributed by atoms with Crippen LogP contribution in [0.25, 0.3) is 17.4 Å². The lowest BCUT2D eigenvalue weighted by molar-refractivity contribution is -0.114. The van der Waals surface area contributed by atoms with Gasteiger partial charge in [0, 0.05) is 5.56 Å². The maximum Gasteiger partial charge on any atom is 0.335 e. The van der Waals surface area contributed by atoms with Crippen molar-refractivity contribution in [3.63, 3.8) is 0 Å². The summed E-state index contributed by atoms with van der Waals surface area (Å²) in [5.74, 6) is -1.43. The molecule has 3 aromatic rings. The number of furan rings is 1. The van der Waals surface area contributed by atoms with Gasteiger partial charge in [0.2, 0.25) is 0 Å². The highest BCUT2D eigenvalue weighted by Crippen LogP contribution is 2.29. The lowest BCUT2D eigenvalue weighted by atomic mass is 10.0. The molecule has 2 N–H and O–H groups in total. The average molecular weight is 441 g/mol. The van der Waals surface area contributed by atoms with Crippen molar-refractivity contribution >= 4 is 41.2 Å². The topological polar surface area (TPSA) is 129 Å². The van der Waals surface area contributed by atoms with Crippen molar-refractivity contribution in [3.05, 3.63) is 82.6 Å². The van der Waals surface area contributed by atoms with E-state index in [1.807, 2.05) is 0 Å². The van der Waals surface area contributed by atoms with Crippen molar-refractivity contribution in [1.29, 1.82) is 0 Å². The molecular weight excluding hydrogens is 426 g/mol. The Hall–Kier alpha value is -4.79. The summed E-state index contributed by atoms with van der Waals surface area (Å²) in [4.78, 5) is 47.6. The Morgan fingerprint density at radius 2 is 1.73 bits per heavy atom. The van der Waals surface area contributed by atoms with Crippen LogP contribution in [0.3, 0.4) is 0 Å². The zero-order valence-corrected chi connectivity index (χ0v) is 17.2. The van der Waals surface area contributed by atoms with E-state index in [9.17, 15) is 19.2 Å². The van der Waals surface area contributed by atoms with Crippen molar-refractivity contribution < 1.29 is 28.7 Å². The number of hydrogen-bond donors (Lipinski definition) is 2. The highest BCUT2D eigenvalue weighted by atomic mass is 16.4. The fourth-order valence-corrected chi connectivity index (χ4v) is 3.65. The quantitative estimate of drug-likeness (QED) is 0.472. The smallest absolute Gasteiger partial charge is 0.335 e. The fourth-order valence-electron chi connectivity index (χ4n) is 3.65. The molecule has 3 heterocycles. The van der Waals surface area contributed by atoms with Crippen LogP contribution in [0, 0.1) is 0 Å². The maximum absolute atomic E-state index is 12.9. The van der Waals surface area contributed by atoms with E-state index in [-0.39, 0.29) is 17.0 Å². The molecule has 0 unspecified atom stereocenters. The summed E-state index contributed by atoms with van der Waals surface area (Å²) in [5, 5.41) is 16.8. The van der Waals surface area contributed by atoms with Gasteiger partial charge in [0.15, 0.2) is 0 Å². The van der Waals surface area contributed by atoms with Crippen LogP contribution >= 0.6 is 0 Å². The van der Waals surface area contributed by atoms with Crippen LogP contribution < -0.4 is 10.3 Å². The summed E-state index contributed by atoms with van der Waals surface area (Å²) in [7, 11) is 0. The van der Waals surface area contributed by atoms with Gasteiger partial charge < -0.3 is 9.52 Å². The van der Waals surface area contributed by atoms with Gasteiger partial charge in [-0.25, -0.2) is 4.79 Å². The van der Waals surface area contributed by atoms with Crippen LogP contribution in [0.4, 0.5) is 5.69 Å². The number of carboxylic acid groups (broad SMARTS) is 1. The minimum absolute atomic E-state index is 0.110. The number of hydrazone groups is 1. The lowest BCUT2D eigenvalue weighted by Gasteiger charge is -2.11. The maximum atomic E-state index is 12.9. The largest absolute Gasteiger partial charge is 0.478 e. The lowest BCUT2D eigenvalue weighted by Crippen LogP contribution is -2.21. The SMILES string of the molecule is CC1=NN(c2ccc(C(=O)O)cc2)C(=O)/C1=C\c1ccc(-c2ccc3c(c2)C(=O)NC3=O)o1. The molecule has 5 rings (SSSR count). The molecule has 0 spiro atoms. The number of aromatic carboxylic acids is 1. The normalized spacial score (nSPS) is 16.3. The van der Waals surface area contributed by atoms with Gasteiger partial charge in [-0.1, -0.05) is 6.07 Å². The van der Waals surface area contributed by atoms with Crippen LogP contribution in [0.2, 0.25) is 0 Å². The number of hydrogen-bond acceptors (Lipinski definition) is 6. The van der Waals surface area contributed by atoms with Gasteiger partial charge in [0.1, 0.15) is 11.5 Å². The highest BCUT2D eigenvalue weighted by molar-refractivity contribution is 6.32. The van der Waals surface area contributed by atoms with E-state index in [0.29, 0.717) is 39.6 Å². The first-order chi connectivity index (χ1) is 15.8.